The minimum absolute atomic E-state index is 0.0132. The zero-order valence-electron chi connectivity index (χ0n) is 12.7. The Balaban J connectivity index is 1.94. The quantitative estimate of drug-likeness (QED) is 0.901. The molecule has 1 atom stereocenters. The van der Waals surface area contributed by atoms with Gasteiger partial charge >= 0.3 is 0 Å². The average molecular weight is 278 g/mol. The van der Waals surface area contributed by atoms with Gasteiger partial charge in [-0.05, 0) is 31.6 Å². The summed E-state index contributed by atoms with van der Waals surface area (Å²) in [7, 11) is 0. The van der Waals surface area contributed by atoms with Crippen molar-refractivity contribution in [2.75, 3.05) is 13.1 Å². The van der Waals surface area contributed by atoms with Gasteiger partial charge in [0.15, 0.2) is 0 Å². The van der Waals surface area contributed by atoms with Crippen molar-refractivity contribution in [3.05, 3.63) is 11.6 Å². The van der Waals surface area contributed by atoms with Crippen molar-refractivity contribution in [1.82, 2.24) is 20.1 Å². The Labute approximate surface area is 121 Å². The highest BCUT2D eigenvalue weighted by Gasteiger charge is 2.23. The lowest BCUT2D eigenvalue weighted by molar-refractivity contribution is 0.0748. The van der Waals surface area contributed by atoms with E-state index in [9.17, 15) is 4.79 Å². The molecule has 112 valence electrons. The largest absolute Gasteiger partial charge is 0.336 e. The number of aromatic amines is 1. The molecule has 1 saturated heterocycles. The molecule has 0 bridgehead atoms. The van der Waals surface area contributed by atoms with E-state index < -0.39 is 0 Å². The summed E-state index contributed by atoms with van der Waals surface area (Å²) in [6.07, 6.45) is 7.83. The number of hydrogen-bond donors (Lipinski definition) is 1. The van der Waals surface area contributed by atoms with Gasteiger partial charge < -0.3 is 4.90 Å². The summed E-state index contributed by atoms with van der Waals surface area (Å²) >= 11 is 0. The zero-order valence-corrected chi connectivity index (χ0v) is 12.7. The summed E-state index contributed by atoms with van der Waals surface area (Å²) in [6, 6.07) is 0. The van der Waals surface area contributed by atoms with Gasteiger partial charge in [0.25, 0.3) is 5.91 Å². The summed E-state index contributed by atoms with van der Waals surface area (Å²) in [6.45, 7) is 6.02. The van der Waals surface area contributed by atoms with Gasteiger partial charge in [0.05, 0.1) is 0 Å². The van der Waals surface area contributed by atoms with Crippen LogP contribution in [-0.4, -0.2) is 39.1 Å². The van der Waals surface area contributed by atoms with E-state index in [4.69, 9.17) is 0 Å². The monoisotopic (exact) mass is 278 g/mol. The fourth-order valence-electron chi connectivity index (χ4n) is 2.95. The Morgan fingerprint density at radius 1 is 1.30 bits per heavy atom. The summed E-state index contributed by atoms with van der Waals surface area (Å²) < 4.78 is 0. The summed E-state index contributed by atoms with van der Waals surface area (Å²) in [5, 5.41) is 6.93. The maximum atomic E-state index is 12.4. The highest BCUT2D eigenvalue weighted by Crippen LogP contribution is 2.22. The lowest BCUT2D eigenvalue weighted by atomic mass is 9.96. The van der Waals surface area contributed by atoms with Gasteiger partial charge in [-0.15, -0.1) is 5.10 Å². The number of aromatic nitrogens is 3. The predicted octanol–water partition coefficient (Wildman–Crippen LogP) is 2.80. The van der Waals surface area contributed by atoms with Crippen molar-refractivity contribution in [1.29, 1.82) is 0 Å². The number of H-pyrrole nitrogens is 1. The van der Waals surface area contributed by atoms with Crippen molar-refractivity contribution < 1.29 is 4.79 Å². The second-order valence-corrected chi connectivity index (χ2v) is 5.73. The molecule has 0 radical (unpaired) electrons. The normalized spacial score (nSPS) is 19.9. The molecule has 0 saturated carbocycles. The molecule has 1 unspecified atom stereocenters. The first-order valence-corrected chi connectivity index (χ1v) is 7.95. The first-order chi connectivity index (χ1) is 9.74. The van der Waals surface area contributed by atoms with Gasteiger partial charge in [0, 0.05) is 19.5 Å². The molecule has 0 aromatic carbocycles. The molecule has 0 spiro atoms. The highest BCUT2D eigenvalue weighted by molar-refractivity contribution is 5.90. The molecule has 2 heterocycles. The third kappa shape index (κ3) is 3.81. The first kappa shape index (κ1) is 15.0. The number of nitrogens with one attached hydrogen (secondary N) is 1. The SMILES string of the molecule is CCCc1nc(C(=O)N2CCCC(CCC)CC2)n[nH]1. The van der Waals surface area contributed by atoms with Crippen LogP contribution in [0.25, 0.3) is 0 Å². The van der Waals surface area contributed by atoms with Crippen LogP contribution in [0, 0.1) is 5.92 Å². The second kappa shape index (κ2) is 7.41. The molecule has 5 heteroatoms. The Bertz CT molecular complexity index is 429. The van der Waals surface area contributed by atoms with Gasteiger partial charge in [0.1, 0.15) is 5.82 Å². The Morgan fingerprint density at radius 2 is 2.15 bits per heavy atom. The molecule has 1 N–H and O–H groups in total. The smallest absolute Gasteiger partial charge is 0.293 e. The van der Waals surface area contributed by atoms with Crippen LogP contribution in [0.3, 0.4) is 0 Å². The van der Waals surface area contributed by atoms with Gasteiger partial charge in [0.2, 0.25) is 5.82 Å². The van der Waals surface area contributed by atoms with Crippen molar-refractivity contribution >= 4 is 5.91 Å². The zero-order chi connectivity index (χ0) is 14.4. The van der Waals surface area contributed by atoms with E-state index in [1.807, 2.05) is 4.90 Å². The third-order valence-electron chi connectivity index (χ3n) is 4.04. The van der Waals surface area contributed by atoms with Gasteiger partial charge in [-0.25, -0.2) is 4.98 Å². The fourth-order valence-corrected chi connectivity index (χ4v) is 2.95. The molecule has 20 heavy (non-hydrogen) atoms. The molecule has 5 nitrogen and oxygen atoms in total. The number of hydrogen-bond acceptors (Lipinski definition) is 3. The topological polar surface area (TPSA) is 61.9 Å². The van der Waals surface area contributed by atoms with Crippen molar-refractivity contribution in [2.24, 2.45) is 5.92 Å². The number of amides is 1. The Hall–Kier alpha value is -1.39. The molecule has 1 amide bonds. The molecule has 1 aliphatic heterocycles. The third-order valence-corrected chi connectivity index (χ3v) is 4.04. The first-order valence-electron chi connectivity index (χ1n) is 7.95. The van der Waals surface area contributed by atoms with E-state index in [1.54, 1.807) is 0 Å². The van der Waals surface area contributed by atoms with Crippen LogP contribution in [0.4, 0.5) is 0 Å². The van der Waals surface area contributed by atoms with E-state index in [0.717, 1.165) is 50.5 Å². The standard InChI is InChI=1S/C15H26N4O/c1-3-6-12-8-5-10-19(11-9-12)15(20)14-16-13(7-4-2)17-18-14/h12H,3-11H2,1-2H3,(H,16,17,18). The lowest BCUT2D eigenvalue weighted by Crippen LogP contribution is -2.32. The number of likely N-dealkylation sites (tertiary alicyclic amines) is 1. The van der Waals surface area contributed by atoms with Gasteiger partial charge in [-0.1, -0.05) is 26.7 Å². The van der Waals surface area contributed by atoms with Crippen LogP contribution in [-0.2, 0) is 6.42 Å². The van der Waals surface area contributed by atoms with E-state index in [-0.39, 0.29) is 5.91 Å². The maximum Gasteiger partial charge on any atom is 0.293 e. The van der Waals surface area contributed by atoms with Gasteiger partial charge in [-0.2, -0.15) is 0 Å². The van der Waals surface area contributed by atoms with Crippen molar-refractivity contribution in [2.45, 2.75) is 58.8 Å². The molecular weight excluding hydrogens is 252 g/mol. The number of carbonyl (C=O) groups excluding carboxylic acids is 1. The van der Waals surface area contributed by atoms with E-state index >= 15 is 0 Å². The molecule has 1 fully saturated rings. The van der Waals surface area contributed by atoms with Crippen molar-refractivity contribution in [3.8, 4) is 0 Å². The van der Waals surface area contributed by atoms with E-state index in [2.05, 4.69) is 29.0 Å². The lowest BCUT2D eigenvalue weighted by Gasteiger charge is -2.18. The molecular formula is C15H26N4O. The molecule has 1 aliphatic rings. The van der Waals surface area contributed by atoms with Crippen LogP contribution in [0.2, 0.25) is 0 Å². The minimum atomic E-state index is -0.0132. The van der Waals surface area contributed by atoms with E-state index in [1.165, 1.54) is 19.3 Å². The van der Waals surface area contributed by atoms with Crippen LogP contribution in [0.15, 0.2) is 0 Å². The predicted molar refractivity (Wildman–Crippen MR) is 78.5 cm³/mol. The Morgan fingerprint density at radius 3 is 2.90 bits per heavy atom. The van der Waals surface area contributed by atoms with Crippen LogP contribution in [0.1, 0.15) is 68.8 Å². The number of rotatable bonds is 5. The van der Waals surface area contributed by atoms with E-state index in [0.29, 0.717) is 5.82 Å². The van der Waals surface area contributed by atoms with Crippen LogP contribution >= 0.6 is 0 Å². The summed E-state index contributed by atoms with van der Waals surface area (Å²) in [4.78, 5) is 18.6. The second-order valence-electron chi connectivity index (χ2n) is 5.73. The summed E-state index contributed by atoms with van der Waals surface area (Å²) in [5.41, 5.74) is 0. The van der Waals surface area contributed by atoms with Crippen LogP contribution in [0.5, 0.6) is 0 Å². The molecule has 0 aliphatic carbocycles. The molecule has 1 aromatic heterocycles. The number of nitrogens with zero attached hydrogens (tertiary/aromatic N) is 3. The van der Waals surface area contributed by atoms with Crippen molar-refractivity contribution in [3.63, 3.8) is 0 Å². The minimum Gasteiger partial charge on any atom is -0.336 e. The summed E-state index contributed by atoms with van der Waals surface area (Å²) in [5.74, 6) is 1.92. The highest BCUT2D eigenvalue weighted by atomic mass is 16.2. The average Bonchev–Trinajstić information content (AvgIpc) is 2.78. The molecule has 1 aromatic rings. The molecule has 2 rings (SSSR count). The van der Waals surface area contributed by atoms with Crippen LogP contribution < -0.4 is 0 Å². The van der Waals surface area contributed by atoms with Gasteiger partial charge in [-0.3, -0.25) is 9.89 Å². The maximum absolute atomic E-state index is 12.4. The Kier molecular flexibility index (Phi) is 5.56. The number of carbonyl (C=O) groups is 1. The number of aryl methyl sites for hydroxylation is 1. The fraction of sp³-hybridized carbons (Fsp3) is 0.800.